The molecule has 0 spiro atoms. The van der Waals surface area contributed by atoms with Gasteiger partial charge in [0.15, 0.2) is 0 Å². The monoisotopic (exact) mass is 305 g/mol. The molecule has 1 amide bonds. The SMILES string of the molecule is Cc1c(Br)cccc1C(=O)Nc1ccc(O)cc1. The van der Waals surface area contributed by atoms with Crippen LogP contribution < -0.4 is 5.32 Å². The minimum Gasteiger partial charge on any atom is -0.508 e. The number of phenolic OH excluding ortho intramolecular Hbond substituents is 1. The Morgan fingerprint density at radius 2 is 1.83 bits per heavy atom. The maximum absolute atomic E-state index is 12.1. The van der Waals surface area contributed by atoms with Crippen LogP contribution in [0, 0.1) is 6.92 Å². The number of phenols is 1. The summed E-state index contributed by atoms with van der Waals surface area (Å²) in [4.78, 5) is 12.1. The number of anilines is 1. The van der Waals surface area contributed by atoms with Gasteiger partial charge in [-0.1, -0.05) is 22.0 Å². The summed E-state index contributed by atoms with van der Waals surface area (Å²) in [6, 6.07) is 11.9. The molecule has 4 heteroatoms. The summed E-state index contributed by atoms with van der Waals surface area (Å²) in [6.45, 7) is 1.88. The first-order chi connectivity index (χ1) is 8.58. The molecular weight excluding hydrogens is 294 g/mol. The standard InChI is InChI=1S/C14H12BrNO2/c1-9-12(3-2-4-13(9)15)14(18)16-10-5-7-11(17)8-6-10/h2-8,17H,1H3,(H,16,18). The van der Waals surface area contributed by atoms with Gasteiger partial charge in [0.1, 0.15) is 5.75 Å². The predicted molar refractivity (Wildman–Crippen MR) is 74.9 cm³/mol. The van der Waals surface area contributed by atoms with Crippen molar-refractivity contribution in [2.24, 2.45) is 0 Å². The zero-order valence-corrected chi connectivity index (χ0v) is 11.4. The predicted octanol–water partition coefficient (Wildman–Crippen LogP) is 3.72. The van der Waals surface area contributed by atoms with E-state index in [2.05, 4.69) is 21.2 Å². The number of halogens is 1. The maximum Gasteiger partial charge on any atom is 0.255 e. The number of rotatable bonds is 2. The van der Waals surface area contributed by atoms with Crippen molar-refractivity contribution < 1.29 is 9.90 Å². The molecule has 2 rings (SSSR count). The van der Waals surface area contributed by atoms with E-state index >= 15 is 0 Å². The number of aromatic hydroxyl groups is 1. The highest BCUT2D eigenvalue weighted by molar-refractivity contribution is 9.10. The summed E-state index contributed by atoms with van der Waals surface area (Å²) in [5, 5.41) is 12.0. The van der Waals surface area contributed by atoms with Crippen LogP contribution in [0.1, 0.15) is 15.9 Å². The number of carbonyl (C=O) groups is 1. The van der Waals surface area contributed by atoms with E-state index in [4.69, 9.17) is 5.11 Å². The van der Waals surface area contributed by atoms with Gasteiger partial charge in [0.2, 0.25) is 0 Å². The summed E-state index contributed by atoms with van der Waals surface area (Å²) in [5.41, 5.74) is 2.17. The van der Waals surface area contributed by atoms with E-state index in [1.165, 1.54) is 12.1 Å². The summed E-state index contributed by atoms with van der Waals surface area (Å²) in [6.07, 6.45) is 0. The Hall–Kier alpha value is -1.81. The number of hydrogen-bond acceptors (Lipinski definition) is 2. The molecular formula is C14H12BrNO2. The van der Waals surface area contributed by atoms with Gasteiger partial charge in [-0.25, -0.2) is 0 Å². The van der Waals surface area contributed by atoms with Crippen molar-refractivity contribution in [3.05, 3.63) is 58.1 Å². The van der Waals surface area contributed by atoms with Crippen molar-refractivity contribution in [2.45, 2.75) is 6.92 Å². The van der Waals surface area contributed by atoms with Crippen molar-refractivity contribution in [3.63, 3.8) is 0 Å². The van der Waals surface area contributed by atoms with Crippen LogP contribution >= 0.6 is 15.9 Å². The quantitative estimate of drug-likeness (QED) is 0.831. The molecule has 2 aromatic carbocycles. The summed E-state index contributed by atoms with van der Waals surface area (Å²) in [7, 11) is 0. The Bertz CT molecular complexity index is 579. The molecule has 0 bridgehead atoms. The number of benzene rings is 2. The Balaban J connectivity index is 2.22. The van der Waals surface area contributed by atoms with E-state index in [1.54, 1.807) is 18.2 Å². The zero-order chi connectivity index (χ0) is 13.1. The van der Waals surface area contributed by atoms with Crippen LogP contribution in [-0.4, -0.2) is 11.0 Å². The summed E-state index contributed by atoms with van der Waals surface area (Å²) < 4.78 is 0.904. The van der Waals surface area contributed by atoms with E-state index in [-0.39, 0.29) is 11.7 Å². The molecule has 0 radical (unpaired) electrons. The van der Waals surface area contributed by atoms with Crippen LogP contribution in [0.2, 0.25) is 0 Å². The van der Waals surface area contributed by atoms with Crippen LogP contribution in [-0.2, 0) is 0 Å². The number of nitrogens with one attached hydrogen (secondary N) is 1. The van der Waals surface area contributed by atoms with Crippen molar-refractivity contribution in [1.29, 1.82) is 0 Å². The van der Waals surface area contributed by atoms with Gasteiger partial charge >= 0.3 is 0 Å². The topological polar surface area (TPSA) is 49.3 Å². The largest absolute Gasteiger partial charge is 0.508 e. The van der Waals surface area contributed by atoms with Crippen LogP contribution in [0.25, 0.3) is 0 Å². The van der Waals surface area contributed by atoms with Crippen LogP contribution in [0.5, 0.6) is 5.75 Å². The molecule has 0 atom stereocenters. The lowest BCUT2D eigenvalue weighted by atomic mass is 10.1. The van der Waals surface area contributed by atoms with E-state index in [0.29, 0.717) is 11.3 Å². The fourth-order valence-corrected chi connectivity index (χ4v) is 1.96. The van der Waals surface area contributed by atoms with E-state index < -0.39 is 0 Å². The Labute approximate surface area is 114 Å². The Morgan fingerprint density at radius 1 is 1.17 bits per heavy atom. The Morgan fingerprint density at radius 3 is 2.50 bits per heavy atom. The normalized spacial score (nSPS) is 10.1. The number of carbonyl (C=O) groups excluding carboxylic acids is 1. The fraction of sp³-hybridized carbons (Fsp3) is 0.0714. The second kappa shape index (κ2) is 5.23. The minimum absolute atomic E-state index is 0.167. The second-order valence-electron chi connectivity index (χ2n) is 3.91. The average Bonchev–Trinajstić information content (AvgIpc) is 2.35. The van der Waals surface area contributed by atoms with Crippen LogP contribution in [0.15, 0.2) is 46.9 Å². The number of hydrogen-bond donors (Lipinski definition) is 2. The van der Waals surface area contributed by atoms with E-state index in [9.17, 15) is 4.79 Å². The molecule has 18 heavy (non-hydrogen) atoms. The molecule has 0 saturated carbocycles. The van der Waals surface area contributed by atoms with Gasteiger partial charge in [-0.3, -0.25) is 4.79 Å². The highest BCUT2D eigenvalue weighted by Crippen LogP contribution is 2.21. The van der Waals surface area contributed by atoms with Crippen molar-refractivity contribution in [2.75, 3.05) is 5.32 Å². The minimum atomic E-state index is -0.167. The van der Waals surface area contributed by atoms with Gasteiger partial charge in [-0.2, -0.15) is 0 Å². The average molecular weight is 306 g/mol. The first kappa shape index (κ1) is 12.6. The highest BCUT2D eigenvalue weighted by Gasteiger charge is 2.10. The lowest BCUT2D eigenvalue weighted by Crippen LogP contribution is -2.13. The molecule has 0 fully saturated rings. The molecule has 2 N–H and O–H groups in total. The van der Waals surface area contributed by atoms with Gasteiger partial charge in [0.25, 0.3) is 5.91 Å². The molecule has 0 aliphatic carbocycles. The molecule has 0 aliphatic rings. The first-order valence-corrected chi connectivity index (χ1v) is 6.23. The van der Waals surface area contributed by atoms with Crippen molar-refractivity contribution in [3.8, 4) is 5.75 Å². The third-order valence-corrected chi connectivity index (χ3v) is 3.50. The van der Waals surface area contributed by atoms with Crippen LogP contribution in [0.4, 0.5) is 5.69 Å². The third-order valence-electron chi connectivity index (χ3n) is 2.64. The molecule has 0 heterocycles. The lowest BCUT2D eigenvalue weighted by molar-refractivity contribution is 0.102. The molecule has 0 aliphatic heterocycles. The van der Waals surface area contributed by atoms with Gasteiger partial charge < -0.3 is 10.4 Å². The van der Waals surface area contributed by atoms with Crippen molar-refractivity contribution >= 4 is 27.5 Å². The summed E-state index contributed by atoms with van der Waals surface area (Å²) in [5.74, 6) is 0.00567. The highest BCUT2D eigenvalue weighted by atomic mass is 79.9. The number of amides is 1. The molecule has 92 valence electrons. The van der Waals surface area contributed by atoms with Gasteiger partial charge in [0.05, 0.1) is 0 Å². The van der Waals surface area contributed by atoms with Gasteiger partial charge in [0, 0.05) is 15.7 Å². The van der Waals surface area contributed by atoms with Gasteiger partial charge in [-0.15, -0.1) is 0 Å². The zero-order valence-electron chi connectivity index (χ0n) is 9.77. The molecule has 0 aromatic heterocycles. The van der Waals surface area contributed by atoms with E-state index in [1.807, 2.05) is 19.1 Å². The van der Waals surface area contributed by atoms with Gasteiger partial charge in [-0.05, 0) is 48.9 Å². The Kier molecular flexibility index (Phi) is 3.67. The first-order valence-electron chi connectivity index (χ1n) is 5.43. The smallest absolute Gasteiger partial charge is 0.255 e. The molecule has 2 aromatic rings. The lowest BCUT2D eigenvalue weighted by Gasteiger charge is -2.08. The van der Waals surface area contributed by atoms with E-state index in [0.717, 1.165) is 10.0 Å². The fourth-order valence-electron chi connectivity index (χ4n) is 1.60. The summed E-state index contributed by atoms with van der Waals surface area (Å²) >= 11 is 3.40. The second-order valence-corrected chi connectivity index (χ2v) is 4.77. The molecule has 3 nitrogen and oxygen atoms in total. The molecule has 0 saturated heterocycles. The molecule has 0 unspecified atom stereocenters. The van der Waals surface area contributed by atoms with Crippen molar-refractivity contribution in [1.82, 2.24) is 0 Å². The maximum atomic E-state index is 12.1. The third kappa shape index (κ3) is 2.71. The van der Waals surface area contributed by atoms with Crippen LogP contribution in [0.3, 0.4) is 0 Å².